The van der Waals surface area contributed by atoms with E-state index in [2.05, 4.69) is 15.3 Å². The lowest BCUT2D eigenvalue weighted by Gasteiger charge is -2.26. The van der Waals surface area contributed by atoms with Crippen molar-refractivity contribution >= 4 is 34.0 Å². The van der Waals surface area contributed by atoms with Crippen LogP contribution in [0, 0.1) is 13.8 Å². The molecule has 1 aliphatic heterocycles. The lowest BCUT2D eigenvalue weighted by molar-refractivity contribution is 0.0801. The third kappa shape index (κ3) is 4.97. The van der Waals surface area contributed by atoms with Gasteiger partial charge in [-0.1, -0.05) is 0 Å². The quantitative estimate of drug-likeness (QED) is 0.258. The minimum absolute atomic E-state index is 0.0976. The molecule has 1 aliphatic rings. The number of rotatable bonds is 7. The van der Waals surface area contributed by atoms with Gasteiger partial charge in [-0.25, -0.2) is 4.98 Å². The number of hydrogen-bond donors (Lipinski definition) is 1. The highest BCUT2D eigenvalue weighted by molar-refractivity contribution is 7.13. The van der Waals surface area contributed by atoms with Crippen LogP contribution in [0.1, 0.15) is 27.3 Å². The first-order valence-electron chi connectivity index (χ1n) is 13.2. The lowest BCUT2D eigenvalue weighted by atomic mass is 10.0. The van der Waals surface area contributed by atoms with Gasteiger partial charge in [-0.3, -0.25) is 14.6 Å². The van der Waals surface area contributed by atoms with Gasteiger partial charge in [0.2, 0.25) is 5.43 Å². The van der Waals surface area contributed by atoms with Crippen LogP contribution < -0.4 is 25.0 Å². The van der Waals surface area contributed by atoms with E-state index in [1.54, 1.807) is 42.6 Å². The van der Waals surface area contributed by atoms with E-state index in [1.165, 1.54) is 25.6 Å². The summed E-state index contributed by atoms with van der Waals surface area (Å²) < 4.78 is 24.4. The van der Waals surface area contributed by atoms with Gasteiger partial charge in [-0.2, -0.15) is 0 Å². The van der Waals surface area contributed by atoms with Crippen molar-refractivity contribution in [3.8, 4) is 33.6 Å². The maximum Gasteiger partial charge on any atom is 0.261 e. The molecule has 5 aromatic rings. The highest BCUT2D eigenvalue weighted by Crippen LogP contribution is 2.34. The second-order valence-electron chi connectivity index (χ2n) is 9.76. The predicted molar refractivity (Wildman–Crippen MR) is 160 cm³/mol. The number of carbonyl (C=O) groups is 1. The standard InChI is InChI=1S/C31H28N4O6S/c1-17-13-25(42-16-17)26-18(2)35-11-12-40-15-22(35)27(29(26)36)30(37)33-19-5-7-20(8-6-19)41-23-9-10-32-21-14-24(38-3)31(39-4)34-28(21)23/h5-10,13-14,16H,11-12,15H2,1-4H3,(H,33,37). The number of benzene rings is 1. The zero-order chi connectivity index (χ0) is 29.4. The summed E-state index contributed by atoms with van der Waals surface area (Å²) in [6.45, 7) is 5.20. The van der Waals surface area contributed by atoms with Crippen LogP contribution in [0.2, 0.25) is 0 Å². The Hall–Kier alpha value is -4.74. The topological polar surface area (TPSA) is 114 Å². The largest absolute Gasteiger partial charge is 0.491 e. The van der Waals surface area contributed by atoms with E-state index in [4.69, 9.17) is 18.9 Å². The summed E-state index contributed by atoms with van der Waals surface area (Å²) in [6.07, 6.45) is 1.62. The molecule has 1 N–H and O–H groups in total. The van der Waals surface area contributed by atoms with Gasteiger partial charge >= 0.3 is 0 Å². The van der Waals surface area contributed by atoms with E-state index >= 15 is 0 Å². The van der Waals surface area contributed by atoms with Crippen molar-refractivity contribution in [3.63, 3.8) is 0 Å². The predicted octanol–water partition coefficient (Wildman–Crippen LogP) is 5.73. The number of ether oxygens (including phenoxy) is 4. The average molecular weight is 585 g/mol. The van der Waals surface area contributed by atoms with Gasteiger partial charge in [0.05, 0.1) is 44.2 Å². The van der Waals surface area contributed by atoms with E-state index in [-0.39, 0.29) is 17.6 Å². The van der Waals surface area contributed by atoms with Crippen LogP contribution in [0.15, 0.2) is 58.8 Å². The van der Waals surface area contributed by atoms with Gasteiger partial charge in [-0.15, -0.1) is 11.3 Å². The lowest BCUT2D eigenvalue weighted by Crippen LogP contribution is -2.33. The smallest absolute Gasteiger partial charge is 0.261 e. The molecule has 42 heavy (non-hydrogen) atoms. The number of hydrogen-bond acceptors (Lipinski definition) is 9. The normalized spacial score (nSPS) is 12.6. The fourth-order valence-electron chi connectivity index (χ4n) is 5.07. The molecule has 0 bridgehead atoms. The molecule has 1 aromatic carbocycles. The Balaban J connectivity index is 1.28. The van der Waals surface area contributed by atoms with Gasteiger partial charge in [-0.05, 0) is 55.1 Å². The first kappa shape index (κ1) is 27.4. The summed E-state index contributed by atoms with van der Waals surface area (Å²) in [7, 11) is 3.05. The van der Waals surface area contributed by atoms with Crippen molar-refractivity contribution in [3.05, 3.63) is 86.8 Å². The minimum atomic E-state index is -0.484. The van der Waals surface area contributed by atoms with Crippen LogP contribution in [-0.2, 0) is 17.9 Å². The number of amides is 1. The molecule has 6 rings (SSSR count). The molecule has 0 saturated heterocycles. The minimum Gasteiger partial charge on any atom is -0.491 e. The Morgan fingerprint density at radius 1 is 1.07 bits per heavy atom. The van der Waals surface area contributed by atoms with Crippen LogP contribution in [0.5, 0.6) is 23.1 Å². The molecule has 0 unspecified atom stereocenters. The Kier molecular flexibility index (Phi) is 7.36. The molecule has 10 nitrogen and oxygen atoms in total. The van der Waals surface area contributed by atoms with Crippen LogP contribution in [0.25, 0.3) is 21.5 Å². The van der Waals surface area contributed by atoms with Crippen molar-refractivity contribution in [2.24, 2.45) is 0 Å². The van der Waals surface area contributed by atoms with E-state index in [9.17, 15) is 9.59 Å². The number of fused-ring (bicyclic) bond motifs is 2. The van der Waals surface area contributed by atoms with Crippen molar-refractivity contribution in [1.29, 1.82) is 0 Å². The van der Waals surface area contributed by atoms with Crippen LogP contribution in [-0.4, -0.2) is 41.3 Å². The summed E-state index contributed by atoms with van der Waals surface area (Å²) >= 11 is 1.50. The van der Waals surface area contributed by atoms with Crippen LogP contribution >= 0.6 is 11.3 Å². The summed E-state index contributed by atoms with van der Waals surface area (Å²) in [4.78, 5) is 37.1. The number of pyridine rings is 3. The molecule has 0 aliphatic carbocycles. The number of nitrogens with zero attached hydrogens (tertiary/aromatic N) is 3. The van der Waals surface area contributed by atoms with E-state index in [0.29, 0.717) is 64.3 Å². The Morgan fingerprint density at radius 3 is 2.60 bits per heavy atom. The maximum atomic E-state index is 13.8. The molecular weight excluding hydrogens is 556 g/mol. The zero-order valence-electron chi connectivity index (χ0n) is 23.5. The van der Waals surface area contributed by atoms with Crippen LogP contribution in [0.4, 0.5) is 5.69 Å². The molecule has 11 heteroatoms. The fourth-order valence-corrected chi connectivity index (χ4v) is 6.06. The Bertz CT molecular complexity index is 1880. The Morgan fingerprint density at radius 2 is 1.88 bits per heavy atom. The average Bonchev–Trinajstić information content (AvgIpc) is 3.43. The summed E-state index contributed by atoms with van der Waals surface area (Å²) in [6, 6.07) is 12.3. The van der Waals surface area contributed by atoms with Crippen molar-refractivity contribution in [2.75, 3.05) is 26.1 Å². The third-order valence-corrected chi connectivity index (χ3v) is 8.16. The van der Waals surface area contributed by atoms with Crippen molar-refractivity contribution in [2.45, 2.75) is 27.0 Å². The van der Waals surface area contributed by atoms with Crippen molar-refractivity contribution in [1.82, 2.24) is 14.5 Å². The van der Waals surface area contributed by atoms with E-state index < -0.39 is 5.91 Å². The summed E-state index contributed by atoms with van der Waals surface area (Å²) in [5.74, 6) is 1.30. The van der Waals surface area contributed by atoms with Gasteiger partial charge < -0.3 is 28.8 Å². The summed E-state index contributed by atoms with van der Waals surface area (Å²) in [5.41, 5.74) is 4.46. The molecule has 4 aromatic heterocycles. The van der Waals surface area contributed by atoms with Gasteiger partial charge in [0.25, 0.3) is 11.8 Å². The number of methoxy groups -OCH3 is 2. The van der Waals surface area contributed by atoms with E-state index in [0.717, 1.165) is 16.1 Å². The second kappa shape index (κ2) is 11.3. The van der Waals surface area contributed by atoms with Crippen molar-refractivity contribution < 1.29 is 23.7 Å². The highest BCUT2D eigenvalue weighted by atomic mass is 32.1. The third-order valence-electron chi connectivity index (χ3n) is 7.10. The molecule has 0 saturated carbocycles. The van der Waals surface area contributed by atoms with Gasteiger partial charge in [0.15, 0.2) is 11.5 Å². The maximum absolute atomic E-state index is 13.8. The highest BCUT2D eigenvalue weighted by Gasteiger charge is 2.27. The number of nitrogens with one attached hydrogen (secondary N) is 1. The monoisotopic (exact) mass is 584 g/mol. The molecule has 5 heterocycles. The molecule has 1 amide bonds. The molecule has 0 fully saturated rings. The fraction of sp³-hybridized carbons (Fsp3) is 0.226. The van der Waals surface area contributed by atoms with Crippen LogP contribution in [0.3, 0.4) is 0 Å². The first-order valence-corrected chi connectivity index (χ1v) is 14.1. The SMILES string of the molecule is COc1cc2nccc(Oc3ccc(NC(=O)c4c5n(c(C)c(-c6cc(C)cs6)c4=O)CCOC5)cc3)c2nc1OC. The van der Waals surface area contributed by atoms with Gasteiger partial charge in [0.1, 0.15) is 16.8 Å². The molecular formula is C31H28N4O6S. The number of aryl methyl sites for hydroxylation is 1. The molecule has 214 valence electrons. The number of aromatic nitrogens is 3. The second-order valence-corrected chi connectivity index (χ2v) is 10.7. The number of anilines is 1. The number of thiophene rings is 1. The van der Waals surface area contributed by atoms with E-state index in [1.807, 2.05) is 29.9 Å². The zero-order valence-corrected chi connectivity index (χ0v) is 24.3. The molecule has 0 spiro atoms. The van der Waals surface area contributed by atoms with Gasteiger partial charge in [0, 0.05) is 41.1 Å². The molecule has 0 atom stereocenters. The Labute approximate surface area is 245 Å². The summed E-state index contributed by atoms with van der Waals surface area (Å²) in [5, 5.41) is 4.89. The number of carbonyl (C=O) groups excluding carboxylic acids is 1. The first-order chi connectivity index (χ1) is 20.4. The molecule has 0 radical (unpaired) electrons.